The summed E-state index contributed by atoms with van der Waals surface area (Å²) in [6, 6.07) is 0. The number of ether oxygens (including phenoxy) is 1. The molecule has 0 rings (SSSR count). The zero-order chi connectivity index (χ0) is 11.4. The van der Waals surface area contributed by atoms with Gasteiger partial charge in [0.05, 0.1) is 0 Å². The van der Waals surface area contributed by atoms with Gasteiger partial charge in [-0.05, 0) is 0 Å². The van der Waals surface area contributed by atoms with Gasteiger partial charge >= 0.3 is 104 Å². The first-order valence-electron chi connectivity index (χ1n) is 5.95. The third-order valence-electron chi connectivity index (χ3n) is 2.29. The van der Waals surface area contributed by atoms with Crippen molar-refractivity contribution in [1.29, 1.82) is 0 Å². The standard InChI is InChI=1S/C12H24O2Te/c1-3-4-5-6-7-10-15-11-8-9-12(13)14-2/h3-11H2,1-2H3. The summed E-state index contributed by atoms with van der Waals surface area (Å²) >= 11 is 0.192. The number of rotatable bonds is 10. The molecule has 0 aromatic heterocycles. The molecule has 0 unspecified atom stereocenters. The minimum absolute atomic E-state index is 0.0505. The summed E-state index contributed by atoms with van der Waals surface area (Å²) in [6.45, 7) is 2.25. The first kappa shape index (κ1) is 15.3. The van der Waals surface area contributed by atoms with Crippen molar-refractivity contribution in [2.45, 2.75) is 60.8 Å². The average Bonchev–Trinajstić information content (AvgIpc) is 2.26. The Morgan fingerprint density at radius 1 is 1.07 bits per heavy atom. The van der Waals surface area contributed by atoms with E-state index in [4.69, 9.17) is 0 Å². The quantitative estimate of drug-likeness (QED) is 0.349. The molecule has 0 spiro atoms. The van der Waals surface area contributed by atoms with Crippen LogP contribution in [0.2, 0.25) is 8.94 Å². The number of carbonyl (C=O) groups excluding carboxylic acids is 1. The van der Waals surface area contributed by atoms with Crippen molar-refractivity contribution in [3.05, 3.63) is 0 Å². The molecule has 0 aliphatic heterocycles. The Morgan fingerprint density at radius 3 is 2.40 bits per heavy atom. The molecular weight excluding hydrogens is 304 g/mol. The molecule has 3 heteroatoms. The number of hydrogen-bond acceptors (Lipinski definition) is 2. The van der Waals surface area contributed by atoms with Crippen LogP contribution >= 0.6 is 0 Å². The number of methoxy groups -OCH3 is 1. The van der Waals surface area contributed by atoms with Gasteiger partial charge in [0.25, 0.3) is 0 Å². The van der Waals surface area contributed by atoms with Gasteiger partial charge in [-0.1, -0.05) is 0 Å². The Labute approximate surface area is 104 Å². The van der Waals surface area contributed by atoms with E-state index in [9.17, 15) is 4.79 Å². The molecule has 0 fully saturated rings. The van der Waals surface area contributed by atoms with Gasteiger partial charge in [-0.25, -0.2) is 0 Å². The third kappa shape index (κ3) is 12.2. The molecule has 0 saturated heterocycles. The number of esters is 1. The van der Waals surface area contributed by atoms with E-state index in [1.54, 1.807) is 0 Å². The van der Waals surface area contributed by atoms with E-state index in [1.807, 2.05) is 0 Å². The molecule has 0 saturated carbocycles. The van der Waals surface area contributed by atoms with Crippen LogP contribution in [0.15, 0.2) is 0 Å². The topological polar surface area (TPSA) is 26.3 Å². The van der Waals surface area contributed by atoms with Crippen LogP contribution < -0.4 is 0 Å². The maximum absolute atomic E-state index is 10.8. The van der Waals surface area contributed by atoms with Crippen LogP contribution in [0, 0.1) is 0 Å². The Kier molecular flexibility index (Phi) is 12.5. The molecule has 0 bridgehead atoms. The van der Waals surface area contributed by atoms with Crippen LogP contribution in [0.3, 0.4) is 0 Å². The van der Waals surface area contributed by atoms with Crippen LogP contribution in [-0.4, -0.2) is 34.0 Å². The van der Waals surface area contributed by atoms with E-state index in [0.717, 1.165) is 6.42 Å². The van der Waals surface area contributed by atoms with Crippen molar-refractivity contribution < 1.29 is 9.53 Å². The van der Waals surface area contributed by atoms with E-state index >= 15 is 0 Å². The summed E-state index contributed by atoms with van der Waals surface area (Å²) in [5.74, 6) is -0.0505. The zero-order valence-electron chi connectivity index (χ0n) is 10.1. The summed E-state index contributed by atoms with van der Waals surface area (Å²) in [5, 5.41) is 0. The summed E-state index contributed by atoms with van der Waals surface area (Å²) in [5.41, 5.74) is 0. The Bertz CT molecular complexity index is 149. The Morgan fingerprint density at radius 2 is 1.73 bits per heavy atom. The van der Waals surface area contributed by atoms with Crippen LogP contribution in [0.25, 0.3) is 0 Å². The average molecular weight is 328 g/mol. The molecule has 0 heterocycles. The van der Waals surface area contributed by atoms with Gasteiger partial charge in [0.1, 0.15) is 0 Å². The second kappa shape index (κ2) is 12.3. The van der Waals surface area contributed by atoms with Gasteiger partial charge < -0.3 is 0 Å². The fourth-order valence-electron chi connectivity index (χ4n) is 1.33. The normalized spacial score (nSPS) is 10.3. The SMILES string of the molecule is CCCCCCC[Te]CCCC(=O)OC. The van der Waals surface area contributed by atoms with Crippen molar-refractivity contribution in [2.75, 3.05) is 7.11 Å². The second-order valence-corrected chi connectivity index (χ2v) is 7.20. The molecule has 0 amide bonds. The van der Waals surface area contributed by atoms with Crippen LogP contribution in [0.5, 0.6) is 0 Å². The first-order valence-corrected chi connectivity index (χ1v) is 9.25. The van der Waals surface area contributed by atoms with E-state index in [-0.39, 0.29) is 26.9 Å². The molecule has 0 aliphatic rings. The van der Waals surface area contributed by atoms with Gasteiger partial charge in [-0.2, -0.15) is 0 Å². The maximum atomic E-state index is 10.8. The fourth-order valence-corrected chi connectivity index (χ4v) is 4.07. The molecule has 2 nitrogen and oxygen atoms in total. The van der Waals surface area contributed by atoms with Gasteiger partial charge in [-0.3, -0.25) is 0 Å². The summed E-state index contributed by atoms with van der Waals surface area (Å²) in [6.07, 6.45) is 8.63. The Balaban J connectivity index is 2.95. The van der Waals surface area contributed by atoms with Crippen LogP contribution in [-0.2, 0) is 9.53 Å². The Hall–Kier alpha value is 0.260. The molecule has 0 N–H and O–H groups in total. The number of carbonyl (C=O) groups is 1. The summed E-state index contributed by atoms with van der Waals surface area (Å²) in [4.78, 5) is 10.8. The molecule has 0 radical (unpaired) electrons. The monoisotopic (exact) mass is 330 g/mol. The first-order chi connectivity index (χ1) is 7.31. The van der Waals surface area contributed by atoms with Crippen molar-refractivity contribution >= 4 is 26.9 Å². The van der Waals surface area contributed by atoms with E-state index in [1.165, 1.54) is 48.2 Å². The molecular formula is C12H24O2Te. The van der Waals surface area contributed by atoms with Crippen LogP contribution in [0.1, 0.15) is 51.9 Å². The van der Waals surface area contributed by atoms with E-state index in [2.05, 4.69) is 11.7 Å². The minimum atomic E-state index is -0.0505. The molecule has 0 aromatic carbocycles. The fraction of sp³-hybridized carbons (Fsp3) is 0.917. The molecule has 90 valence electrons. The van der Waals surface area contributed by atoms with Gasteiger partial charge in [0.2, 0.25) is 0 Å². The van der Waals surface area contributed by atoms with Gasteiger partial charge in [0, 0.05) is 0 Å². The molecule has 0 aliphatic carbocycles. The molecule has 15 heavy (non-hydrogen) atoms. The molecule has 0 atom stereocenters. The summed E-state index contributed by atoms with van der Waals surface area (Å²) < 4.78 is 7.35. The van der Waals surface area contributed by atoms with E-state index in [0.29, 0.717) is 6.42 Å². The van der Waals surface area contributed by atoms with Gasteiger partial charge in [0.15, 0.2) is 0 Å². The van der Waals surface area contributed by atoms with Crippen molar-refractivity contribution in [3.8, 4) is 0 Å². The second-order valence-electron chi connectivity index (χ2n) is 3.71. The van der Waals surface area contributed by atoms with Crippen molar-refractivity contribution in [3.63, 3.8) is 0 Å². The number of unbranched alkanes of at least 4 members (excludes halogenated alkanes) is 4. The zero-order valence-corrected chi connectivity index (χ0v) is 12.4. The number of hydrogen-bond donors (Lipinski definition) is 0. The third-order valence-corrected chi connectivity index (χ3v) is 5.59. The molecule has 0 aromatic rings. The van der Waals surface area contributed by atoms with Crippen LogP contribution in [0.4, 0.5) is 0 Å². The van der Waals surface area contributed by atoms with Crippen molar-refractivity contribution in [2.24, 2.45) is 0 Å². The predicted octanol–water partition coefficient (Wildman–Crippen LogP) is 3.45. The van der Waals surface area contributed by atoms with Crippen molar-refractivity contribution in [1.82, 2.24) is 0 Å². The summed E-state index contributed by atoms with van der Waals surface area (Å²) in [7, 11) is 1.47. The van der Waals surface area contributed by atoms with E-state index < -0.39 is 0 Å². The van der Waals surface area contributed by atoms with Gasteiger partial charge in [-0.15, -0.1) is 0 Å². The predicted molar refractivity (Wildman–Crippen MR) is 65.4 cm³/mol.